The molecule has 0 rings (SSSR count). The minimum Gasteiger partial charge on any atom is -0.381 e. The average Bonchev–Trinajstić information content (AvgIpc) is 3.03. The molecular weight excluding hydrogens is 876 g/mol. The van der Waals surface area contributed by atoms with Crippen LogP contribution in [0.25, 0.3) is 0 Å². The molecule has 0 aliphatic rings. The zero-order chi connectivity index (χ0) is 45.6. The third kappa shape index (κ3) is 12.0. The Hall–Kier alpha value is -2.04. The molecule has 0 saturated heterocycles. The SMILES string of the molecule is CC(CC(F)(F)C(F)(F)C(F)(F)CF)OC(C)CC(F)(F)C(F)(F)C(F)(F)CF.FCC(F)(F)C(F)(F)C(F)(F)CCOCCC(F)(F)C(F)(F)C(F)(F)CF. The normalized spacial score (nSPS) is 16.4. The van der Waals surface area contributed by atoms with Crippen LogP contribution in [-0.4, -0.2) is 123 Å². The highest BCUT2D eigenvalue weighted by Gasteiger charge is 2.74. The molecule has 2 nitrogen and oxygen atoms in total. The van der Waals surface area contributed by atoms with Crippen molar-refractivity contribution in [3.63, 3.8) is 0 Å². The lowest BCUT2D eigenvalue weighted by Crippen LogP contribution is -2.57. The summed E-state index contributed by atoms with van der Waals surface area (Å²) in [4.78, 5) is 0. The van der Waals surface area contributed by atoms with Gasteiger partial charge in [0.1, 0.15) is 0 Å². The van der Waals surface area contributed by atoms with Gasteiger partial charge >= 0.3 is 71.1 Å². The first kappa shape index (κ1) is 56.1. The van der Waals surface area contributed by atoms with Crippen LogP contribution in [0, 0.1) is 0 Å². The van der Waals surface area contributed by atoms with Crippen LogP contribution in [0.15, 0.2) is 0 Å². The van der Waals surface area contributed by atoms with Gasteiger partial charge in [-0.1, -0.05) is 0 Å². The first-order valence-electron chi connectivity index (χ1n) is 14.5. The van der Waals surface area contributed by atoms with Crippen LogP contribution in [0.4, 0.5) is 123 Å². The summed E-state index contributed by atoms with van der Waals surface area (Å²) in [5, 5.41) is 0. The Morgan fingerprint density at radius 3 is 0.714 bits per heavy atom. The first-order valence-corrected chi connectivity index (χ1v) is 14.5. The van der Waals surface area contributed by atoms with E-state index < -0.39 is 149 Å². The molecule has 0 fully saturated rings. The van der Waals surface area contributed by atoms with Gasteiger partial charge in [0.2, 0.25) is 0 Å². The smallest absolute Gasteiger partial charge is 0.374 e. The summed E-state index contributed by atoms with van der Waals surface area (Å²) in [7, 11) is 0. The zero-order valence-electron chi connectivity index (χ0n) is 27.6. The van der Waals surface area contributed by atoms with Gasteiger partial charge in [0.15, 0.2) is 26.7 Å². The van der Waals surface area contributed by atoms with E-state index in [0.717, 1.165) is 0 Å². The zero-order valence-corrected chi connectivity index (χ0v) is 27.6. The second kappa shape index (κ2) is 18.5. The van der Waals surface area contributed by atoms with E-state index in [1.54, 1.807) is 0 Å². The quantitative estimate of drug-likeness (QED) is 0.0710. The second-order valence-electron chi connectivity index (χ2n) is 11.7. The van der Waals surface area contributed by atoms with Gasteiger partial charge in [0.05, 0.1) is 25.4 Å². The summed E-state index contributed by atoms with van der Waals surface area (Å²) in [5.41, 5.74) is 0. The Morgan fingerprint density at radius 1 is 0.321 bits per heavy atom. The van der Waals surface area contributed by atoms with Crippen LogP contribution in [0.5, 0.6) is 0 Å². The Kier molecular flexibility index (Phi) is 18.5. The molecule has 0 aromatic rings. The summed E-state index contributed by atoms with van der Waals surface area (Å²) >= 11 is 0. The molecule has 0 aromatic carbocycles. The predicted octanol–water partition coefficient (Wildman–Crippen LogP) is 11.8. The Bertz CT molecular complexity index is 1100. The van der Waals surface area contributed by atoms with Gasteiger partial charge in [-0.25, -0.2) is 17.6 Å². The number of rotatable bonds is 24. The van der Waals surface area contributed by atoms with Crippen molar-refractivity contribution in [2.24, 2.45) is 0 Å². The number of halogens is 28. The van der Waals surface area contributed by atoms with Crippen molar-refractivity contribution in [3.05, 3.63) is 0 Å². The monoisotopic (exact) mass is 904 g/mol. The third-order valence-electron chi connectivity index (χ3n) is 7.02. The minimum atomic E-state index is -6.21. The van der Waals surface area contributed by atoms with Crippen LogP contribution in [0.2, 0.25) is 0 Å². The van der Waals surface area contributed by atoms with Gasteiger partial charge in [-0.05, 0) is 13.8 Å². The Morgan fingerprint density at radius 2 is 0.518 bits per heavy atom. The number of ether oxygens (including phenoxy) is 2. The summed E-state index contributed by atoms with van der Waals surface area (Å²) in [6.45, 7) is -14.9. The second-order valence-corrected chi connectivity index (χ2v) is 11.7. The molecule has 0 aliphatic heterocycles. The molecule has 0 radical (unpaired) electrons. The topological polar surface area (TPSA) is 18.5 Å². The predicted molar refractivity (Wildman–Crippen MR) is 133 cm³/mol. The molecule has 2 unspecified atom stereocenters. The average molecular weight is 904 g/mol. The van der Waals surface area contributed by atoms with E-state index in [-0.39, 0.29) is 0 Å². The lowest BCUT2D eigenvalue weighted by molar-refractivity contribution is -0.323. The molecule has 340 valence electrons. The summed E-state index contributed by atoms with van der Waals surface area (Å²) in [6.07, 6.45) is -13.6. The molecule has 0 amide bonds. The van der Waals surface area contributed by atoms with E-state index in [2.05, 4.69) is 9.47 Å². The first-order chi connectivity index (χ1) is 24.4. The highest BCUT2D eigenvalue weighted by Crippen LogP contribution is 2.51. The maximum Gasteiger partial charge on any atom is 0.374 e. The van der Waals surface area contributed by atoms with Gasteiger partial charge in [0.25, 0.3) is 0 Å². The van der Waals surface area contributed by atoms with Gasteiger partial charge in [-0.2, -0.15) is 105 Å². The van der Waals surface area contributed by atoms with Crippen molar-refractivity contribution in [2.45, 2.75) is 123 Å². The Balaban J connectivity index is 0. The van der Waals surface area contributed by atoms with E-state index in [9.17, 15) is 123 Å². The number of alkyl halides is 28. The van der Waals surface area contributed by atoms with Gasteiger partial charge in [0, 0.05) is 25.7 Å². The fraction of sp³-hybridized carbons (Fsp3) is 1.00. The molecule has 0 N–H and O–H groups in total. The highest BCUT2D eigenvalue weighted by molar-refractivity contribution is 5.00. The fourth-order valence-electron chi connectivity index (χ4n) is 3.69. The maximum absolute atomic E-state index is 13.4. The minimum absolute atomic E-state index is 0.487. The maximum atomic E-state index is 13.4. The van der Waals surface area contributed by atoms with Crippen LogP contribution in [0.1, 0.15) is 39.5 Å². The van der Waals surface area contributed by atoms with Gasteiger partial charge in [-0.15, -0.1) is 0 Å². The summed E-state index contributed by atoms with van der Waals surface area (Å²) in [6, 6.07) is 0. The molecule has 2 atom stereocenters. The summed E-state index contributed by atoms with van der Waals surface area (Å²) in [5.74, 6) is -70.3. The van der Waals surface area contributed by atoms with Crippen molar-refractivity contribution >= 4 is 0 Å². The van der Waals surface area contributed by atoms with Crippen LogP contribution < -0.4 is 0 Å². The van der Waals surface area contributed by atoms with E-state index in [1.165, 1.54) is 0 Å². The van der Waals surface area contributed by atoms with Crippen molar-refractivity contribution in [3.8, 4) is 0 Å². The van der Waals surface area contributed by atoms with Crippen molar-refractivity contribution in [2.75, 3.05) is 39.9 Å². The van der Waals surface area contributed by atoms with Gasteiger partial charge < -0.3 is 9.47 Å². The standard InChI is InChI=1S/C14H16F14O.C12H12F14O/c1-7(3-9(17,18)13(25,26)11(21,22)5-15)29-8(2)4-10(19,20)14(27,28)12(23,24)6-16;13-5-9(19,20)11(23,24)7(15,16)1-3-27-4-2-8(17,18)12(25,26)10(21,22)6-14/h7-8H,3-6H2,1-2H3;1-6H2. The van der Waals surface area contributed by atoms with Crippen molar-refractivity contribution in [1.82, 2.24) is 0 Å². The molecule has 30 heteroatoms. The molecule has 0 aliphatic carbocycles. The molecule has 0 spiro atoms. The van der Waals surface area contributed by atoms with E-state index in [1.807, 2.05) is 0 Å². The number of hydrogen-bond acceptors (Lipinski definition) is 2. The summed E-state index contributed by atoms with van der Waals surface area (Å²) < 4.78 is 366. The molecule has 0 bridgehead atoms. The van der Waals surface area contributed by atoms with Gasteiger partial charge in [-0.3, -0.25) is 0 Å². The van der Waals surface area contributed by atoms with Crippen molar-refractivity contribution < 1.29 is 132 Å². The lowest BCUT2D eigenvalue weighted by atomic mass is 9.98. The van der Waals surface area contributed by atoms with Crippen LogP contribution >= 0.6 is 0 Å². The third-order valence-corrected chi connectivity index (χ3v) is 7.02. The molecule has 0 aromatic heterocycles. The highest BCUT2D eigenvalue weighted by atomic mass is 19.4. The molecule has 0 heterocycles. The number of hydrogen-bond donors (Lipinski definition) is 0. The lowest BCUT2D eigenvalue weighted by Gasteiger charge is -2.35. The van der Waals surface area contributed by atoms with E-state index in [4.69, 9.17) is 0 Å². The van der Waals surface area contributed by atoms with Crippen LogP contribution in [-0.2, 0) is 9.47 Å². The van der Waals surface area contributed by atoms with Crippen LogP contribution in [0.3, 0.4) is 0 Å². The van der Waals surface area contributed by atoms with Crippen molar-refractivity contribution in [1.29, 1.82) is 0 Å². The molecular formula is C26H28F28O2. The largest absolute Gasteiger partial charge is 0.381 e. The van der Waals surface area contributed by atoms with E-state index in [0.29, 0.717) is 13.8 Å². The fourth-order valence-corrected chi connectivity index (χ4v) is 3.69. The van der Waals surface area contributed by atoms with E-state index >= 15 is 0 Å². The molecule has 0 saturated carbocycles. The Labute approximate surface area is 296 Å². The molecule has 56 heavy (non-hydrogen) atoms.